The van der Waals surface area contributed by atoms with Crippen LogP contribution in [0.25, 0.3) is 0 Å². The van der Waals surface area contributed by atoms with Gasteiger partial charge in [0, 0.05) is 12.0 Å². The molecule has 23 heavy (non-hydrogen) atoms. The fraction of sp³-hybridized carbons (Fsp3) is 0.526. The van der Waals surface area contributed by atoms with Crippen LogP contribution in [-0.4, -0.2) is 36.7 Å². The Labute approximate surface area is 138 Å². The van der Waals surface area contributed by atoms with E-state index in [4.69, 9.17) is 4.74 Å². The number of ether oxygens (including phenoxy) is 1. The second-order valence-corrected chi connectivity index (χ2v) is 6.22. The number of nitrogens with two attached hydrogens (primary N) is 1. The number of hydrogen-bond acceptors (Lipinski definition) is 3. The molecule has 0 saturated heterocycles. The highest BCUT2D eigenvalue weighted by Crippen LogP contribution is 2.18. The Morgan fingerprint density at radius 2 is 2.09 bits per heavy atom. The van der Waals surface area contributed by atoms with Crippen LogP contribution in [-0.2, 0) is 0 Å². The molecule has 3 N–H and O–H groups in total. The Balaban J connectivity index is 1.60. The van der Waals surface area contributed by atoms with Crippen LogP contribution in [0.15, 0.2) is 35.9 Å². The highest BCUT2D eigenvalue weighted by Gasteiger charge is 2.09. The Kier molecular flexibility index (Phi) is 7.30. The van der Waals surface area contributed by atoms with Crippen molar-refractivity contribution in [3.8, 4) is 5.75 Å². The van der Waals surface area contributed by atoms with Gasteiger partial charge >= 0.3 is 0 Å². The standard InChI is InChI=1S/C19H27NO3/c1-15(21)17-7-9-19(10-8-17)23-14-18(22)13-20-12-11-16-5-3-2-4-6-16/h5,7-10,18,20,22H,2-4,6,11-14H2,1H3/p+1/t18-/m0/s1. The van der Waals surface area contributed by atoms with Crippen molar-refractivity contribution in [2.75, 3.05) is 19.7 Å². The average molecular weight is 318 g/mol. The summed E-state index contributed by atoms with van der Waals surface area (Å²) in [5.74, 6) is 0.723. The number of allylic oxidation sites excluding steroid dienone is 1. The lowest BCUT2D eigenvalue weighted by molar-refractivity contribution is -0.660. The van der Waals surface area contributed by atoms with Crippen molar-refractivity contribution < 1.29 is 20.0 Å². The number of quaternary nitrogens is 1. The molecular weight excluding hydrogens is 290 g/mol. The lowest BCUT2D eigenvalue weighted by Crippen LogP contribution is -2.86. The molecule has 4 nitrogen and oxygen atoms in total. The number of carbonyl (C=O) groups excluding carboxylic acids is 1. The van der Waals surface area contributed by atoms with Gasteiger partial charge in [0.15, 0.2) is 5.78 Å². The molecule has 0 saturated carbocycles. The van der Waals surface area contributed by atoms with Gasteiger partial charge in [-0.15, -0.1) is 0 Å². The first kappa shape index (κ1) is 17.7. The molecular formula is C19H28NO3+. The molecule has 2 rings (SSSR count). The summed E-state index contributed by atoms with van der Waals surface area (Å²) in [4.78, 5) is 11.2. The maximum absolute atomic E-state index is 11.2. The lowest BCUT2D eigenvalue weighted by Gasteiger charge is -2.13. The number of hydrogen-bond donors (Lipinski definition) is 2. The van der Waals surface area contributed by atoms with E-state index in [0.717, 1.165) is 13.0 Å². The van der Waals surface area contributed by atoms with Crippen LogP contribution < -0.4 is 10.1 Å². The molecule has 0 aromatic heterocycles. The van der Waals surface area contributed by atoms with E-state index >= 15 is 0 Å². The summed E-state index contributed by atoms with van der Waals surface area (Å²) in [6.45, 7) is 3.49. The Morgan fingerprint density at radius 1 is 1.30 bits per heavy atom. The number of aliphatic hydroxyl groups excluding tert-OH is 1. The molecule has 0 aliphatic heterocycles. The lowest BCUT2D eigenvalue weighted by atomic mass is 9.97. The maximum atomic E-state index is 11.2. The minimum absolute atomic E-state index is 0.0410. The van der Waals surface area contributed by atoms with E-state index in [9.17, 15) is 9.90 Å². The van der Waals surface area contributed by atoms with Gasteiger partial charge < -0.3 is 15.2 Å². The van der Waals surface area contributed by atoms with Crippen LogP contribution in [0.4, 0.5) is 0 Å². The van der Waals surface area contributed by atoms with Gasteiger partial charge in [-0.3, -0.25) is 4.79 Å². The minimum Gasteiger partial charge on any atom is -0.491 e. The third-order valence-electron chi connectivity index (χ3n) is 4.20. The monoisotopic (exact) mass is 318 g/mol. The molecule has 0 heterocycles. The fourth-order valence-electron chi connectivity index (χ4n) is 2.78. The first-order valence-corrected chi connectivity index (χ1v) is 8.56. The van der Waals surface area contributed by atoms with E-state index in [1.54, 1.807) is 36.8 Å². The number of ketones is 1. The van der Waals surface area contributed by atoms with Gasteiger partial charge in [0.2, 0.25) is 0 Å². The highest BCUT2D eigenvalue weighted by atomic mass is 16.5. The number of rotatable bonds is 9. The molecule has 1 aliphatic rings. The summed E-state index contributed by atoms with van der Waals surface area (Å²) in [7, 11) is 0. The zero-order valence-electron chi connectivity index (χ0n) is 14.0. The van der Waals surface area contributed by atoms with E-state index in [2.05, 4.69) is 11.4 Å². The largest absolute Gasteiger partial charge is 0.491 e. The summed E-state index contributed by atoms with van der Waals surface area (Å²) in [6.07, 6.45) is 8.15. The van der Waals surface area contributed by atoms with Gasteiger partial charge in [-0.1, -0.05) is 11.6 Å². The molecule has 1 atom stereocenters. The van der Waals surface area contributed by atoms with Crippen molar-refractivity contribution in [3.05, 3.63) is 41.5 Å². The Hall–Kier alpha value is -1.65. The second-order valence-electron chi connectivity index (χ2n) is 6.22. The Bertz CT molecular complexity index is 522. The smallest absolute Gasteiger partial charge is 0.159 e. The van der Waals surface area contributed by atoms with Gasteiger partial charge in [-0.25, -0.2) is 0 Å². The van der Waals surface area contributed by atoms with Crippen LogP contribution in [0.1, 0.15) is 49.4 Å². The summed E-state index contributed by atoms with van der Waals surface area (Å²) in [5.41, 5.74) is 2.24. The zero-order valence-corrected chi connectivity index (χ0v) is 14.0. The molecule has 0 fully saturated rings. The average Bonchev–Trinajstić information content (AvgIpc) is 2.58. The Morgan fingerprint density at radius 3 is 2.74 bits per heavy atom. The molecule has 0 bridgehead atoms. The van der Waals surface area contributed by atoms with Crippen LogP contribution in [0, 0.1) is 0 Å². The second kappa shape index (κ2) is 9.48. The number of Topliss-reactive ketones (excluding diaryl/α,β-unsaturated/α-hetero) is 1. The predicted molar refractivity (Wildman–Crippen MR) is 90.8 cm³/mol. The number of aliphatic hydroxyl groups is 1. The third-order valence-corrected chi connectivity index (χ3v) is 4.20. The fourth-order valence-corrected chi connectivity index (χ4v) is 2.78. The van der Waals surface area contributed by atoms with Crippen molar-refractivity contribution >= 4 is 5.78 Å². The van der Waals surface area contributed by atoms with Crippen molar-refractivity contribution in [3.63, 3.8) is 0 Å². The van der Waals surface area contributed by atoms with Gasteiger partial charge in [-0.2, -0.15) is 0 Å². The number of carbonyl (C=O) groups is 1. The SMILES string of the molecule is CC(=O)c1ccc(OC[C@@H](O)C[NH2+]CCC2=CCCCC2)cc1. The first-order valence-electron chi connectivity index (χ1n) is 8.56. The van der Waals surface area contributed by atoms with Crippen molar-refractivity contribution in [1.29, 1.82) is 0 Å². The van der Waals surface area contributed by atoms with E-state index in [1.165, 1.54) is 25.7 Å². The van der Waals surface area contributed by atoms with Gasteiger partial charge in [-0.05, 0) is 56.9 Å². The van der Waals surface area contributed by atoms with Crippen molar-refractivity contribution in [1.82, 2.24) is 0 Å². The number of benzene rings is 1. The quantitative estimate of drug-likeness (QED) is 0.416. The van der Waals surface area contributed by atoms with Crippen LogP contribution in [0.5, 0.6) is 5.75 Å². The normalized spacial score (nSPS) is 15.8. The summed E-state index contributed by atoms with van der Waals surface area (Å²) in [6, 6.07) is 7.02. The molecule has 4 heteroatoms. The first-order chi connectivity index (χ1) is 11.1. The topological polar surface area (TPSA) is 63.1 Å². The third kappa shape index (κ3) is 6.55. The van der Waals surface area contributed by atoms with Crippen LogP contribution >= 0.6 is 0 Å². The summed E-state index contributed by atoms with van der Waals surface area (Å²) in [5, 5.41) is 12.1. The molecule has 1 aliphatic carbocycles. The van der Waals surface area contributed by atoms with E-state index in [0.29, 0.717) is 17.9 Å². The maximum Gasteiger partial charge on any atom is 0.159 e. The molecule has 126 valence electrons. The summed E-state index contributed by atoms with van der Waals surface area (Å²) < 4.78 is 5.56. The highest BCUT2D eigenvalue weighted by molar-refractivity contribution is 5.94. The summed E-state index contributed by atoms with van der Waals surface area (Å²) >= 11 is 0. The zero-order chi connectivity index (χ0) is 16.5. The van der Waals surface area contributed by atoms with Gasteiger partial charge in [0.1, 0.15) is 25.0 Å². The van der Waals surface area contributed by atoms with E-state index in [1.807, 2.05) is 0 Å². The van der Waals surface area contributed by atoms with Crippen LogP contribution in [0.3, 0.4) is 0 Å². The molecule has 1 aromatic rings. The van der Waals surface area contributed by atoms with E-state index < -0.39 is 6.10 Å². The molecule has 0 spiro atoms. The van der Waals surface area contributed by atoms with Gasteiger partial charge in [0.25, 0.3) is 0 Å². The minimum atomic E-state index is -0.484. The van der Waals surface area contributed by atoms with Crippen LogP contribution in [0.2, 0.25) is 0 Å². The molecule has 1 aromatic carbocycles. The molecule has 0 radical (unpaired) electrons. The van der Waals surface area contributed by atoms with Gasteiger partial charge in [0.05, 0.1) is 6.54 Å². The van der Waals surface area contributed by atoms with Crippen molar-refractivity contribution in [2.45, 2.75) is 45.1 Å². The molecule has 0 unspecified atom stereocenters. The van der Waals surface area contributed by atoms with E-state index in [-0.39, 0.29) is 12.4 Å². The van der Waals surface area contributed by atoms with Crippen molar-refractivity contribution in [2.24, 2.45) is 0 Å². The molecule has 0 amide bonds. The predicted octanol–water partition coefficient (Wildman–Crippen LogP) is 2.08.